The van der Waals surface area contributed by atoms with Gasteiger partial charge in [0.1, 0.15) is 11.6 Å². The van der Waals surface area contributed by atoms with Crippen LogP contribution in [-0.4, -0.2) is 28.7 Å². The molecule has 0 saturated carbocycles. The van der Waals surface area contributed by atoms with Crippen LogP contribution in [0.1, 0.15) is 36.5 Å². The van der Waals surface area contributed by atoms with Crippen molar-refractivity contribution in [2.24, 2.45) is 0 Å². The van der Waals surface area contributed by atoms with Gasteiger partial charge in [-0.25, -0.2) is 0 Å². The number of hydrogen-bond acceptors (Lipinski definition) is 5. The van der Waals surface area contributed by atoms with Gasteiger partial charge < -0.3 is 15.1 Å². The summed E-state index contributed by atoms with van der Waals surface area (Å²) in [6, 6.07) is 7.10. The Kier molecular flexibility index (Phi) is 5.31. The topological polar surface area (TPSA) is 80.0 Å². The van der Waals surface area contributed by atoms with E-state index in [4.69, 9.17) is 4.42 Å². The first kappa shape index (κ1) is 15.0. The Labute approximate surface area is 124 Å². The predicted molar refractivity (Wildman–Crippen MR) is 80.2 cm³/mol. The van der Waals surface area contributed by atoms with E-state index in [9.17, 15) is 4.79 Å². The van der Waals surface area contributed by atoms with Crippen LogP contribution in [0.25, 0.3) is 0 Å². The number of carbonyl (C=O) groups is 1. The summed E-state index contributed by atoms with van der Waals surface area (Å²) < 4.78 is 5.26. The van der Waals surface area contributed by atoms with Crippen LogP contribution in [0, 0.1) is 0 Å². The van der Waals surface area contributed by atoms with Gasteiger partial charge in [0.05, 0.1) is 6.26 Å². The molecule has 112 valence electrons. The van der Waals surface area contributed by atoms with Gasteiger partial charge in [-0.15, -0.1) is 10.2 Å². The van der Waals surface area contributed by atoms with Crippen molar-refractivity contribution in [2.75, 3.05) is 11.9 Å². The highest BCUT2D eigenvalue weighted by Gasteiger charge is 2.13. The van der Waals surface area contributed by atoms with Gasteiger partial charge in [-0.3, -0.25) is 4.79 Å². The van der Waals surface area contributed by atoms with Crippen LogP contribution in [0.5, 0.6) is 0 Å². The average Bonchev–Trinajstić information content (AvgIpc) is 2.98. The number of carbonyl (C=O) groups excluding carboxylic acids is 1. The number of anilines is 1. The van der Waals surface area contributed by atoms with Crippen LogP contribution in [0.4, 0.5) is 5.82 Å². The minimum absolute atomic E-state index is 0.0386. The molecule has 1 amide bonds. The van der Waals surface area contributed by atoms with Gasteiger partial charge in [0, 0.05) is 19.0 Å². The first-order valence-electron chi connectivity index (χ1n) is 7.10. The molecule has 2 heterocycles. The lowest BCUT2D eigenvalue weighted by Crippen LogP contribution is -2.34. The molecule has 0 aliphatic carbocycles. The van der Waals surface area contributed by atoms with Gasteiger partial charge in [-0.05, 0) is 37.6 Å². The van der Waals surface area contributed by atoms with E-state index < -0.39 is 0 Å². The molecule has 2 rings (SSSR count). The average molecular weight is 288 g/mol. The fourth-order valence-corrected chi connectivity index (χ4v) is 1.88. The number of nitrogens with zero attached hydrogens (tertiary/aromatic N) is 2. The van der Waals surface area contributed by atoms with Crippen molar-refractivity contribution in [3.8, 4) is 0 Å². The van der Waals surface area contributed by atoms with Crippen molar-refractivity contribution in [2.45, 2.75) is 32.7 Å². The Hall–Kier alpha value is -2.37. The molecule has 2 aromatic rings. The Bertz CT molecular complexity index is 552. The van der Waals surface area contributed by atoms with Gasteiger partial charge in [-0.2, -0.15) is 0 Å². The zero-order valence-corrected chi connectivity index (χ0v) is 12.3. The standard InChI is InChI=1S/C15H20N4O2/c1-3-8-16-14-7-6-13(18-19-14)15(20)17-11(2)10-12-5-4-9-21-12/h4-7,9,11H,3,8,10H2,1-2H3,(H,16,19)(H,17,20). The molecule has 0 aliphatic rings. The van der Waals surface area contributed by atoms with Crippen molar-refractivity contribution >= 4 is 11.7 Å². The van der Waals surface area contributed by atoms with Gasteiger partial charge in [0.15, 0.2) is 5.69 Å². The maximum absolute atomic E-state index is 12.0. The molecule has 0 saturated heterocycles. The molecule has 21 heavy (non-hydrogen) atoms. The van der Waals surface area contributed by atoms with E-state index in [0.29, 0.717) is 17.9 Å². The molecule has 0 fully saturated rings. The first-order chi connectivity index (χ1) is 10.2. The van der Waals surface area contributed by atoms with E-state index >= 15 is 0 Å². The highest BCUT2D eigenvalue weighted by atomic mass is 16.3. The summed E-state index contributed by atoms with van der Waals surface area (Å²) in [5, 5.41) is 13.9. The zero-order chi connectivity index (χ0) is 15.1. The van der Waals surface area contributed by atoms with E-state index in [2.05, 4.69) is 27.8 Å². The maximum atomic E-state index is 12.0. The smallest absolute Gasteiger partial charge is 0.272 e. The number of hydrogen-bond donors (Lipinski definition) is 2. The molecular weight excluding hydrogens is 268 g/mol. The number of nitrogens with one attached hydrogen (secondary N) is 2. The number of furan rings is 1. The van der Waals surface area contributed by atoms with Crippen molar-refractivity contribution in [1.82, 2.24) is 15.5 Å². The lowest BCUT2D eigenvalue weighted by Gasteiger charge is -2.12. The Morgan fingerprint density at radius 2 is 2.19 bits per heavy atom. The SMILES string of the molecule is CCCNc1ccc(C(=O)NC(C)Cc2ccco2)nn1. The molecule has 0 radical (unpaired) electrons. The molecule has 0 aromatic carbocycles. The Morgan fingerprint density at radius 1 is 1.33 bits per heavy atom. The zero-order valence-electron chi connectivity index (χ0n) is 12.3. The molecule has 2 aromatic heterocycles. The summed E-state index contributed by atoms with van der Waals surface area (Å²) >= 11 is 0. The second-order valence-electron chi connectivity index (χ2n) is 4.89. The second-order valence-corrected chi connectivity index (χ2v) is 4.89. The van der Waals surface area contributed by atoms with Gasteiger partial charge in [0.2, 0.25) is 0 Å². The highest BCUT2D eigenvalue weighted by molar-refractivity contribution is 5.92. The van der Waals surface area contributed by atoms with Crippen LogP contribution >= 0.6 is 0 Å². The van der Waals surface area contributed by atoms with Crippen LogP contribution in [-0.2, 0) is 6.42 Å². The van der Waals surface area contributed by atoms with Crippen LogP contribution in [0.15, 0.2) is 34.9 Å². The summed E-state index contributed by atoms with van der Waals surface area (Å²) in [4.78, 5) is 12.0. The van der Waals surface area contributed by atoms with Gasteiger partial charge in [-0.1, -0.05) is 6.92 Å². The molecule has 1 atom stereocenters. The van der Waals surface area contributed by atoms with Crippen LogP contribution in [0.2, 0.25) is 0 Å². The monoisotopic (exact) mass is 288 g/mol. The first-order valence-corrected chi connectivity index (χ1v) is 7.10. The van der Waals surface area contributed by atoms with Crippen molar-refractivity contribution in [1.29, 1.82) is 0 Å². The summed E-state index contributed by atoms with van der Waals surface area (Å²) in [5.41, 5.74) is 0.309. The molecule has 0 aliphatic heterocycles. The van der Waals surface area contributed by atoms with Crippen molar-refractivity contribution in [3.05, 3.63) is 42.0 Å². The molecule has 6 nitrogen and oxygen atoms in total. The molecule has 6 heteroatoms. The van der Waals surface area contributed by atoms with E-state index in [-0.39, 0.29) is 11.9 Å². The molecular formula is C15H20N4O2. The van der Waals surface area contributed by atoms with Crippen LogP contribution < -0.4 is 10.6 Å². The van der Waals surface area contributed by atoms with E-state index in [1.54, 1.807) is 18.4 Å². The maximum Gasteiger partial charge on any atom is 0.272 e. The van der Waals surface area contributed by atoms with E-state index in [1.165, 1.54) is 0 Å². The largest absolute Gasteiger partial charge is 0.469 e. The summed E-state index contributed by atoms with van der Waals surface area (Å²) in [7, 11) is 0. The lowest BCUT2D eigenvalue weighted by molar-refractivity contribution is 0.0933. The second kappa shape index (κ2) is 7.42. The van der Waals surface area contributed by atoms with Gasteiger partial charge >= 0.3 is 0 Å². The summed E-state index contributed by atoms with van der Waals surface area (Å²) in [6.07, 6.45) is 3.27. The third-order valence-electron chi connectivity index (χ3n) is 2.92. The number of amides is 1. The predicted octanol–water partition coefficient (Wildman–Crippen LogP) is 2.25. The highest BCUT2D eigenvalue weighted by Crippen LogP contribution is 2.06. The third kappa shape index (κ3) is 4.59. The molecule has 2 N–H and O–H groups in total. The van der Waals surface area contributed by atoms with Crippen molar-refractivity contribution in [3.63, 3.8) is 0 Å². The minimum atomic E-state index is -0.233. The number of rotatable bonds is 7. The minimum Gasteiger partial charge on any atom is -0.469 e. The molecule has 0 bridgehead atoms. The fourth-order valence-electron chi connectivity index (χ4n) is 1.88. The van der Waals surface area contributed by atoms with Crippen LogP contribution in [0.3, 0.4) is 0 Å². The lowest BCUT2D eigenvalue weighted by atomic mass is 10.2. The third-order valence-corrected chi connectivity index (χ3v) is 2.92. The summed E-state index contributed by atoms with van der Waals surface area (Å²) in [6.45, 7) is 4.83. The Morgan fingerprint density at radius 3 is 2.81 bits per heavy atom. The number of aromatic nitrogens is 2. The quantitative estimate of drug-likeness (QED) is 0.817. The van der Waals surface area contributed by atoms with Crippen molar-refractivity contribution < 1.29 is 9.21 Å². The summed E-state index contributed by atoms with van der Waals surface area (Å²) in [5.74, 6) is 1.29. The fraction of sp³-hybridized carbons (Fsp3) is 0.400. The molecule has 1 unspecified atom stereocenters. The molecule has 0 spiro atoms. The Balaban J connectivity index is 1.87. The van der Waals surface area contributed by atoms with E-state index in [0.717, 1.165) is 18.7 Å². The van der Waals surface area contributed by atoms with Gasteiger partial charge in [0.25, 0.3) is 5.91 Å². The van der Waals surface area contributed by atoms with E-state index in [1.807, 2.05) is 19.1 Å². The normalized spacial score (nSPS) is 11.9.